The molecule has 0 spiro atoms. The van der Waals surface area contributed by atoms with E-state index in [1.807, 2.05) is 12.2 Å². The second kappa shape index (κ2) is 8.30. The second-order valence-electron chi connectivity index (χ2n) is 3.81. The van der Waals surface area contributed by atoms with Gasteiger partial charge in [0.2, 0.25) is 5.91 Å². The van der Waals surface area contributed by atoms with Crippen LogP contribution >= 0.6 is 0 Å². The van der Waals surface area contributed by atoms with Gasteiger partial charge in [-0.15, -0.1) is 0 Å². The number of carbonyl (C=O) groups is 1. The molecule has 0 saturated heterocycles. The van der Waals surface area contributed by atoms with Crippen molar-refractivity contribution in [2.75, 3.05) is 26.2 Å². The Morgan fingerprint density at radius 1 is 1.41 bits per heavy atom. The first-order valence-electron chi connectivity index (χ1n) is 5.54. The van der Waals surface area contributed by atoms with Gasteiger partial charge in [-0.2, -0.15) is 13.2 Å². The molecule has 17 heavy (non-hydrogen) atoms. The van der Waals surface area contributed by atoms with Gasteiger partial charge in [0.05, 0.1) is 13.1 Å². The first-order valence-corrected chi connectivity index (χ1v) is 5.54. The minimum Gasteiger partial charge on any atom is -0.396 e. The number of nitrogens with one attached hydrogen (secondary N) is 2. The topological polar surface area (TPSA) is 61.4 Å². The lowest BCUT2D eigenvalue weighted by atomic mass is 10.0. The average molecular weight is 256 g/mol. The lowest BCUT2D eigenvalue weighted by Gasteiger charge is -2.14. The zero-order chi connectivity index (χ0) is 13.3. The molecule has 1 unspecified atom stereocenters. The Bertz CT molecular complexity index is 222. The number of alkyl halides is 3. The molecule has 0 aliphatic heterocycles. The van der Waals surface area contributed by atoms with E-state index in [2.05, 4.69) is 5.32 Å². The number of aliphatic hydroxyl groups is 1. The van der Waals surface area contributed by atoms with Crippen molar-refractivity contribution in [3.05, 3.63) is 0 Å². The van der Waals surface area contributed by atoms with Crippen LogP contribution in [-0.4, -0.2) is 43.4 Å². The molecule has 0 aliphatic carbocycles. The number of amides is 1. The van der Waals surface area contributed by atoms with Crippen LogP contribution in [0, 0.1) is 5.92 Å². The molecule has 0 aromatic rings. The van der Waals surface area contributed by atoms with Gasteiger partial charge in [-0.1, -0.05) is 13.3 Å². The van der Waals surface area contributed by atoms with Crippen molar-refractivity contribution in [2.24, 2.45) is 5.92 Å². The van der Waals surface area contributed by atoms with E-state index in [0.29, 0.717) is 13.0 Å². The molecule has 0 aromatic carbocycles. The van der Waals surface area contributed by atoms with Crippen LogP contribution in [0.1, 0.15) is 19.8 Å². The van der Waals surface area contributed by atoms with E-state index in [1.165, 1.54) is 0 Å². The van der Waals surface area contributed by atoms with Crippen molar-refractivity contribution >= 4 is 5.91 Å². The molecular formula is C10H19F3N2O2. The molecule has 0 heterocycles. The molecule has 0 rings (SSSR count). The van der Waals surface area contributed by atoms with E-state index >= 15 is 0 Å². The molecule has 7 heteroatoms. The van der Waals surface area contributed by atoms with Crippen molar-refractivity contribution in [3.63, 3.8) is 0 Å². The summed E-state index contributed by atoms with van der Waals surface area (Å²) >= 11 is 0. The Hall–Kier alpha value is -0.820. The minimum atomic E-state index is -4.30. The third kappa shape index (κ3) is 10.1. The SMILES string of the molecule is CCC(CCO)CNC(=O)CNCC(F)(F)F. The van der Waals surface area contributed by atoms with E-state index in [0.717, 1.165) is 6.42 Å². The van der Waals surface area contributed by atoms with Crippen LogP contribution in [0.15, 0.2) is 0 Å². The van der Waals surface area contributed by atoms with Crippen LogP contribution in [0.3, 0.4) is 0 Å². The Kier molecular flexibility index (Phi) is 7.90. The maximum absolute atomic E-state index is 11.8. The Balaban J connectivity index is 3.65. The summed E-state index contributed by atoms with van der Waals surface area (Å²) in [6.45, 7) is 0.821. The van der Waals surface area contributed by atoms with Crippen LogP contribution in [0.4, 0.5) is 13.2 Å². The smallest absolute Gasteiger partial charge is 0.396 e. The zero-order valence-electron chi connectivity index (χ0n) is 9.81. The predicted octanol–water partition coefficient (Wildman–Crippen LogP) is 0.663. The van der Waals surface area contributed by atoms with E-state index in [-0.39, 0.29) is 19.1 Å². The van der Waals surface area contributed by atoms with E-state index in [4.69, 9.17) is 5.11 Å². The second-order valence-corrected chi connectivity index (χ2v) is 3.81. The van der Waals surface area contributed by atoms with Gasteiger partial charge in [-0.3, -0.25) is 4.79 Å². The summed E-state index contributed by atoms with van der Waals surface area (Å²) < 4.78 is 35.3. The Morgan fingerprint density at radius 3 is 2.53 bits per heavy atom. The van der Waals surface area contributed by atoms with Crippen molar-refractivity contribution in [1.82, 2.24) is 10.6 Å². The van der Waals surface area contributed by atoms with Crippen LogP contribution in [0.5, 0.6) is 0 Å². The van der Waals surface area contributed by atoms with Crippen molar-refractivity contribution in [3.8, 4) is 0 Å². The number of carbonyl (C=O) groups excluding carboxylic acids is 1. The maximum Gasteiger partial charge on any atom is 0.401 e. The largest absolute Gasteiger partial charge is 0.401 e. The number of hydrogen-bond donors (Lipinski definition) is 3. The van der Waals surface area contributed by atoms with Gasteiger partial charge in [-0.25, -0.2) is 0 Å². The van der Waals surface area contributed by atoms with Crippen LogP contribution < -0.4 is 10.6 Å². The number of halogens is 3. The minimum absolute atomic E-state index is 0.0424. The highest BCUT2D eigenvalue weighted by Gasteiger charge is 2.26. The van der Waals surface area contributed by atoms with Gasteiger partial charge in [0.25, 0.3) is 0 Å². The molecule has 0 saturated carbocycles. The monoisotopic (exact) mass is 256 g/mol. The standard InChI is InChI=1S/C10H19F3N2O2/c1-2-8(3-4-16)5-15-9(17)6-14-7-10(11,12)13/h8,14,16H,2-7H2,1H3,(H,15,17). The molecule has 0 fully saturated rings. The first-order chi connectivity index (χ1) is 7.89. The Labute approximate surface area is 98.6 Å². The highest BCUT2D eigenvalue weighted by atomic mass is 19.4. The highest BCUT2D eigenvalue weighted by molar-refractivity contribution is 5.77. The van der Waals surface area contributed by atoms with Crippen molar-refractivity contribution < 1.29 is 23.1 Å². The normalized spacial score (nSPS) is 13.5. The molecule has 4 nitrogen and oxygen atoms in total. The quantitative estimate of drug-likeness (QED) is 0.598. The summed E-state index contributed by atoms with van der Waals surface area (Å²) in [5, 5.41) is 13.3. The Morgan fingerprint density at radius 2 is 2.06 bits per heavy atom. The zero-order valence-corrected chi connectivity index (χ0v) is 9.81. The van der Waals surface area contributed by atoms with Crippen LogP contribution in [-0.2, 0) is 4.79 Å². The molecule has 0 aliphatic rings. The van der Waals surface area contributed by atoms with Crippen LogP contribution in [0.2, 0.25) is 0 Å². The van der Waals surface area contributed by atoms with Crippen molar-refractivity contribution in [1.29, 1.82) is 0 Å². The van der Waals surface area contributed by atoms with Crippen molar-refractivity contribution in [2.45, 2.75) is 25.9 Å². The highest BCUT2D eigenvalue weighted by Crippen LogP contribution is 2.11. The number of aliphatic hydroxyl groups excluding tert-OH is 1. The molecule has 0 aromatic heterocycles. The van der Waals surface area contributed by atoms with E-state index in [9.17, 15) is 18.0 Å². The number of rotatable bonds is 8. The molecule has 102 valence electrons. The van der Waals surface area contributed by atoms with Gasteiger partial charge in [0.1, 0.15) is 0 Å². The fraction of sp³-hybridized carbons (Fsp3) is 0.900. The summed E-state index contributed by atoms with van der Waals surface area (Å²) in [7, 11) is 0. The summed E-state index contributed by atoms with van der Waals surface area (Å²) in [4.78, 5) is 11.2. The summed E-state index contributed by atoms with van der Waals surface area (Å²) in [6.07, 6.45) is -2.92. The van der Waals surface area contributed by atoms with E-state index in [1.54, 1.807) is 0 Å². The fourth-order valence-corrected chi connectivity index (χ4v) is 1.27. The average Bonchev–Trinajstić information content (AvgIpc) is 2.22. The molecule has 3 N–H and O–H groups in total. The lowest BCUT2D eigenvalue weighted by molar-refractivity contribution is -0.128. The van der Waals surface area contributed by atoms with Gasteiger partial charge < -0.3 is 15.7 Å². The van der Waals surface area contributed by atoms with E-state index < -0.39 is 18.6 Å². The third-order valence-corrected chi connectivity index (χ3v) is 2.31. The lowest BCUT2D eigenvalue weighted by Crippen LogP contribution is -2.39. The number of hydrogen-bond acceptors (Lipinski definition) is 3. The summed E-state index contributed by atoms with van der Waals surface area (Å²) in [5.74, 6) is -0.308. The summed E-state index contributed by atoms with van der Waals surface area (Å²) in [5.41, 5.74) is 0. The summed E-state index contributed by atoms with van der Waals surface area (Å²) in [6, 6.07) is 0. The first kappa shape index (κ1) is 16.2. The van der Waals surface area contributed by atoms with Gasteiger partial charge in [-0.05, 0) is 12.3 Å². The molecule has 0 radical (unpaired) electrons. The predicted molar refractivity (Wildman–Crippen MR) is 57.4 cm³/mol. The third-order valence-electron chi connectivity index (χ3n) is 2.31. The van der Waals surface area contributed by atoms with Crippen LogP contribution in [0.25, 0.3) is 0 Å². The molecule has 1 amide bonds. The molecule has 0 bridgehead atoms. The maximum atomic E-state index is 11.8. The van der Waals surface area contributed by atoms with Gasteiger partial charge in [0, 0.05) is 13.2 Å². The molecule has 1 atom stereocenters. The molecular weight excluding hydrogens is 237 g/mol. The van der Waals surface area contributed by atoms with Gasteiger partial charge in [0.15, 0.2) is 0 Å². The van der Waals surface area contributed by atoms with Gasteiger partial charge >= 0.3 is 6.18 Å². The fourth-order valence-electron chi connectivity index (χ4n) is 1.27.